The SMILES string of the molecule is CCOc1ccc(C(O)CN2CC(=O)N(C)CC2=O)cc1. The smallest absolute Gasteiger partial charge is 0.242 e. The molecule has 1 saturated heterocycles. The lowest BCUT2D eigenvalue weighted by atomic mass is 10.1. The highest BCUT2D eigenvalue weighted by molar-refractivity contribution is 5.92. The first-order valence-corrected chi connectivity index (χ1v) is 6.93. The summed E-state index contributed by atoms with van der Waals surface area (Å²) in [6.07, 6.45) is -0.819. The molecule has 0 radical (unpaired) electrons. The Morgan fingerprint density at radius 1 is 1.19 bits per heavy atom. The molecule has 21 heavy (non-hydrogen) atoms. The maximum atomic E-state index is 11.9. The summed E-state index contributed by atoms with van der Waals surface area (Å²) in [5, 5.41) is 10.2. The molecule has 0 spiro atoms. The Bertz CT molecular complexity index is 515. The normalized spacial score (nSPS) is 17.1. The van der Waals surface area contributed by atoms with Gasteiger partial charge in [0, 0.05) is 7.05 Å². The number of ether oxygens (including phenoxy) is 1. The van der Waals surface area contributed by atoms with Crippen LogP contribution in [0.25, 0.3) is 0 Å². The van der Waals surface area contributed by atoms with Crippen molar-refractivity contribution in [3.05, 3.63) is 29.8 Å². The number of aliphatic hydroxyl groups excluding tert-OH is 1. The number of hydrogen-bond acceptors (Lipinski definition) is 4. The van der Waals surface area contributed by atoms with Gasteiger partial charge in [-0.1, -0.05) is 12.1 Å². The van der Waals surface area contributed by atoms with Gasteiger partial charge < -0.3 is 19.6 Å². The highest BCUT2D eigenvalue weighted by atomic mass is 16.5. The van der Waals surface area contributed by atoms with Crippen molar-refractivity contribution < 1.29 is 19.4 Å². The first-order valence-electron chi connectivity index (χ1n) is 6.93. The summed E-state index contributed by atoms with van der Waals surface area (Å²) in [6.45, 7) is 2.68. The number of nitrogens with zero attached hydrogens (tertiary/aromatic N) is 2. The van der Waals surface area contributed by atoms with E-state index in [9.17, 15) is 14.7 Å². The van der Waals surface area contributed by atoms with Gasteiger partial charge in [-0.15, -0.1) is 0 Å². The first kappa shape index (κ1) is 15.3. The Balaban J connectivity index is 1.98. The van der Waals surface area contributed by atoms with E-state index >= 15 is 0 Å². The molecule has 0 saturated carbocycles. The fraction of sp³-hybridized carbons (Fsp3) is 0.467. The zero-order valence-electron chi connectivity index (χ0n) is 12.3. The molecule has 1 N–H and O–H groups in total. The predicted octanol–water partition coefficient (Wildman–Crippen LogP) is 0.419. The standard InChI is InChI=1S/C15H20N2O4/c1-3-21-12-6-4-11(5-7-12)13(18)8-17-10-14(19)16(2)9-15(17)20/h4-7,13,18H,3,8-10H2,1-2H3. The molecule has 0 bridgehead atoms. The van der Waals surface area contributed by atoms with Crippen LogP contribution in [0.2, 0.25) is 0 Å². The minimum absolute atomic E-state index is 0.0173. The zero-order chi connectivity index (χ0) is 15.4. The Labute approximate surface area is 123 Å². The van der Waals surface area contributed by atoms with Crippen LogP contribution in [-0.2, 0) is 9.59 Å². The Kier molecular flexibility index (Phi) is 4.80. The van der Waals surface area contributed by atoms with Gasteiger partial charge in [-0.25, -0.2) is 0 Å². The molecule has 1 unspecified atom stereocenters. The third-order valence-electron chi connectivity index (χ3n) is 3.45. The van der Waals surface area contributed by atoms with Crippen molar-refractivity contribution in [2.75, 3.05) is 33.3 Å². The van der Waals surface area contributed by atoms with Crippen LogP contribution in [0.1, 0.15) is 18.6 Å². The van der Waals surface area contributed by atoms with Gasteiger partial charge in [-0.2, -0.15) is 0 Å². The minimum atomic E-state index is -0.819. The van der Waals surface area contributed by atoms with Gasteiger partial charge in [0.1, 0.15) is 5.75 Å². The number of likely N-dealkylation sites (N-methyl/N-ethyl adjacent to an activating group) is 1. The van der Waals surface area contributed by atoms with Crippen LogP contribution >= 0.6 is 0 Å². The van der Waals surface area contributed by atoms with Crippen LogP contribution < -0.4 is 4.74 Å². The molecule has 1 aliphatic rings. The number of amides is 2. The van der Waals surface area contributed by atoms with Crippen LogP contribution in [0.4, 0.5) is 0 Å². The monoisotopic (exact) mass is 292 g/mol. The predicted molar refractivity (Wildman–Crippen MR) is 76.8 cm³/mol. The molecule has 2 rings (SSSR count). The van der Waals surface area contributed by atoms with E-state index in [1.165, 1.54) is 9.80 Å². The van der Waals surface area contributed by atoms with Crippen molar-refractivity contribution in [2.45, 2.75) is 13.0 Å². The zero-order valence-corrected chi connectivity index (χ0v) is 12.3. The highest BCUT2D eigenvalue weighted by Gasteiger charge is 2.28. The number of carbonyl (C=O) groups is 2. The minimum Gasteiger partial charge on any atom is -0.494 e. The van der Waals surface area contributed by atoms with Crippen LogP contribution in [0.15, 0.2) is 24.3 Å². The van der Waals surface area contributed by atoms with Crippen molar-refractivity contribution in [1.82, 2.24) is 9.80 Å². The van der Waals surface area contributed by atoms with Crippen molar-refractivity contribution in [3.63, 3.8) is 0 Å². The Morgan fingerprint density at radius 2 is 1.86 bits per heavy atom. The van der Waals surface area contributed by atoms with Crippen molar-refractivity contribution in [2.24, 2.45) is 0 Å². The number of aliphatic hydroxyl groups is 1. The lowest BCUT2D eigenvalue weighted by molar-refractivity contribution is -0.150. The maximum Gasteiger partial charge on any atom is 0.242 e. The molecule has 2 amide bonds. The number of β-amino-alcohol motifs (C(OH)–C–C–N with tert-alkyl or cyclic N) is 1. The summed E-state index contributed by atoms with van der Waals surface area (Å²) in [5.74, 6) is 0.467. The summed E-state index contributed by atoms with van der Waals surface area (Å²) in [7, 11) is 1.60. The molecular weight excluding hydrogens is 272 g/mol. The van der Waals surface area contributed by atoms with Crippen LogP contribution in [0.3, 0.4) is 0 Å². The molecule has 0 aliphatic carbocycles. The molecule has 1 atom stereocenters. The van der Waals surface area contributed by atoms with Gasteiger partial charge in [0.25, 0.3) is 0 Å². The van der Waals surface area contributed by atoms with E-state index in [2.05, 4.69) is 0 Å². The summed E-state index contributed by atoms with van der Waals surface area (Å²) in [6, 6.07) is 7.08. The Hall–Kier alpha value is -2.08. The molecule has 1 aliphatic heterocycles. The number of carbonyl (C=O) groups excluding carboxylic acids is 2. The number of piperazine rings is 1. The van der Waals surface area contributed by atoms with E-state index in [0.29, 0.717) is 12.2 Å². The van der Waals surface area contributed by atoms with Crippen molar-refractivity contribution >= 4 is 11.8 Å². The van der Waals surface area contributed by atoms with Gasteiger partial charge >= 0.3 is 0 Å². The van der Waals surface area contributed by atoms with E-state index in [-0.39, 0.29) is 31.4 Å². The average molecular weight is 292 g/mol. The lowest BCUT2D eigenvalue weighted by Crippen LogP contribution is -2.53. The molecule has 0 aromatic heterocycles. The molecule has 1 heterocycles. The molecule has 1 aromatic carbocycles. The molecule has 6 nitrogen and oxygen atoms in total. The molecule has 1 aromatic rings. The number of benzene rings is 1. The first-order chi connectivity index (χ1) is 10.0. The third-order valence-corrected chi connectivity index (χ3v) is 3.45. The molecular formula is C15H20N2O4. The highest BCUT2D eigenvalue weighted by Crippen LogP contribution is 2.19. The number of hydrogen-bond donors (Lipinski definition) is 1. The molecule has 114 valence electrons. The van der Waals surface area contributed by atoms with Gasteiger partial charge in [0.15, 0.2) is 0 Å². The van der Waals surface area contributed by atoms with Crippen LogP contribution in [0.5, 0.6) is 5.75 Å². The van der Waals surface area contributed by atoms with Gasteiger partial charge in [0.2, 0.25) is 11.8 Å². The van der Waals surface area contributed by atoms with E-state index in [4.69, 9.17) is 4.74 Å². The van der Waals surface area contributed by atoms with Gasteiger partial charge in [-0.3, -0.25) is 9.59 Å². The van der Waals surface area contributed by atoms with E-state index in [1.54, 1.807) is 31.3 Å². The fourth-order valence-corrected chi connectivity index (χ4v) is 2.20. The van der Waals surface area contributed by atoms with E-state index < -0.39 is 6.10 Å². The van der Waals surface area contributed by atoms with Crippen molar-refractivity contribution in [3.8, 4) is 5.75 Å². The second kappa shape index (κ2) is 6.58. The van der Waals surface area contributed by atoms with Crippen LogP contribution in [0, 0.1) is 0 Å². The largest absolute Gasteiger partial charge is 0.494 e. The van der Waals surface area contributed by atoms with E-state index in [1.807, 2.05) is 6.92 Å². The maximum absolute atomic E-state index is 11.9. The van der Waals surface area contributed by atoms with Gasteiger partial charge in [0.05, 0.1) is 32.3 Å². The number of rotatable bonds is 5. The topological polar surface area (TPSA) is 70.1 Å². The summed E-state index contributed by atoms with van der Waals surface area (Å²) in [4.78, 5) is 26.3. The van der Waals surface area contributed by atoms with E-state index in [0.717, 1.165) is 5.75 Å². The summed E-state index contributed by atoms with van der Waals surface area (Å²) < 4.78 is 5.34. The second-order valence-electron chi connectivity index (χ2n) is 5.04. The average Bonchev–Trinajstić information content (AvgIpc) is 2.46. The van der Waals surface area contributed by atoms with Gasteiger partial charge in [-0.05, 0) is 24.6 Å². The third kappa shape index (κ3) is 3.72. The molecule has 1 fully saturated rings. The second-order valence-corrected chi connectivity index (χ2v) is 5.04. The summed E-state index contributed by atoms with van der Waals surface area (Å²) >= 11 is 0. The molecule has 6 heteroatoms. The van der Waals surface area contributed by atoms with Crippen LogP contribution in [-0.4, -0.2) is 60.0 Å². The summed E-state index contributed by atoms with van der Waals surface area (Å²) in [5.41, 5.74) is 0.692. The Morgan fingerprint density at radius 3 is 2.48 bits per heavy atom. The van der Waals surface area contributed by atoms with Crippen molar-refractivity contribution in [1.29, 1.82) is 0 Å². The lowest BCUT2D eigenvalue weighted by Gasteiger charge is -2.32. The quantitative estimate of drug-likeness (QED) is 0.854. The fourth-order valence-electron chi connectivity index (χ4n) is 2.20.